The molecule has 1 atom stereocenters. The first-order valence-corrected chi connectivity index (χ1v) is 6.03. The third-order valence-corrected chi connectivity index (χ3v) is 3.44. The van der Waals surface area contributed by atoms with Crippen LogP contribution in [0.4, 0.5) is 0 Å². The lowest BCUT2D eigenvalue weighted by molar-refractivity contribution is 0.0942. The van der Waals surface area contributed by atoms with E-state index < -0.39 is 6.04 Å². The zero-order valence-corrected chi connectivity index (χ0v) is 10.4. The van der Waals surface area contributed by atoms with Crippen molar-refractivity contribution in [2.24, 2.45) is 5.92 Å². The van der Waals surface area contributed by atoms with Crippen LogP contribution in [0.5, 0.6) is 0 Å². The summed E-state index contributed by atoms with van der Waals surface area (Å²) in [5, 5.41) is 12.3. The molecular formula is C12H10Cl2N2O. The van der Waals surface area contributed by atoms with E-state index in [1.165, 1.54) is 6.07 Å². The van der Waals surface area contributed by atoms with Gasteiger partial charge in [0.05, 0.1) is 16.1 Å². The minimum atomic E-state index is -0.406. The molecule has 1 unspecified atom stereocenters. The van der Waals surface area contributed by atoms with Crippen molar-refractivity contribution < 1.29 is 4.79 Å². The van der Waals surface area contributed by atoms with Crippen molar-refractivity contribution in [3.63, 3.8) is 0 Å². The fraction of sp³-hybridized carbons (Fsp3) is 0.333. The SMILES string of the molecule is N#CC(NC(=O)c1ccc(Cl)c(Cl)c1)C1CC1. The second kappa shape index (κ2) is 4.95. The minimum absolute atomic E-state index is 0.290. The summed E-state index contributed by atoms with van der Waals surface area (Å²) < 4.78 is 0. The third-order valence-electron chi connectivity index (χ3n) is 2.70. The number of amides is 1. The van der Waals surface area contributed by atoms with Crippen LogP contribution >= 0.6 is 23.2 Å². The molecule has 88 valence electrons. The molecule has 17 heavy (non-hydrogen) atoms. The van der Waals surface area contributed by atoms with E-state index in [9.17, 15) is 4.79 Å². The highest BCUT2D eigenvalue weighted by molar-refractivity contribution is 6.42. The van der Waals surface area contributed by atoms with Crippen LogP contribution in [0, 0.1) is 17.2 Å². The Labute approximate surface area is 109 Å². The molecule has 0 radical (unpaired) electrons. The first-order valence-electron chi connectivity index (χ1n) is 5.27. The van der Waals surface area contributed by atoms with Crippen LogP contribution in [0.1, 0.15) is 23.2 Å². The van der Waals surface area contributed by atoms with Crippen LogP contribution in [0.25, 0.3) is 0 Å². The van der Waals surface area contributed by atoms with Gasteiger partial charge in [-0.15, -0.1) is 0 Å². The van der Waals surface area contributed by atoms with E-state index in [4.69, 9.17) is 28.5 Å². The van der Waals surface area contributed by atoms with E-state index in [2.05, 4.69) is 11.4 Å². The summed E-state index contributed by atoms with van der Waals surface area (Å²) in [6.07, 6.45) is 2.00. The maximum absolute atomic E-state index is 11.8. The maximum Gasteiger partial charge on any atom is 0.252 e. The normalized spacial score (nSPS) is 16.1. The Balaban J connectivity index is 2.08. The number of nitrogens with one attached hydrogen (secondary N) is 1. The second-order valence-electron chi connectivity index (χ2n) is 4.05. The molecule has 3 nitrogen and oxygen atoms in total. The molecule has 1 amide bonds. The van der Waals surface area contributed by atoms with Crippen LogP contribution in [0.2, 0.25) is 10.0 Å². The van der Waals surface area contributed by atoms with Crippen molar-refractivity contribution in [2.75, 3.05) is 0 Å². The predicted octanol–water partition coefficient (Wildman–Crippen LogP) is 3.03. The number of carbonyl (C=O) groups is 1. The molecule has 2 rings (SSSR count). The lowest BCUT2D eigenvalue weighted by Crippen LogP contribution is -2.35. The number of hydrogen-bond donors (Lipinski definition) is 1. The van der Waals surface area contributed by atoms with Crippen molar-refractivity contribution in [3.8, 4) is 6.07 Å². The number of halogens is 2. The molecule has 1 saturated carbocycles. The first-order chi connectivity index (χ1) is 8.11. The van der Waals surface area contributed by atoms with Crippen molar-refractivity contribution in [1.29, 1.82) is 5.26 Å². The highest BCUT2D eigenvalue weighted by Gasteiger charge is 2.32. The van der Waals surface area contributed by atoms with Crippen molar-refractivity contribution in [2.45, 2.75) is 18.9 Å². The van der Waals surface area contributed by atoms with E-state index in [1.807, 2.05) is 0 Å². The number of hydrogen-bond acceptors (Lipinski definition) is 2. The van der Waals surface area contributed by atoms with Crippen LogP contribution < -0.4 is 5.32 Å². The van der Waals surface area contributed by atoms with E-state index in [0.29, 0.717) is 21.5 Å². The van der Waals surface area contributed by atoms with Gasteiger partial charge in [-0.05, 0) is 37.0 Å². The van der Waals surface area contributed by atoms with E-state index >= 15 is 0 Å². The molecule has 0 aromatic heterocycles. The van der Waals surface area contributed by atoms with Crippen LogP contribution in [0.15, 0.2) is 18.2 Å². The molecule has 0 heterocycles. The molecule has 1 aliphatic carbocycles. The van der Waals surface area contributed by atoms with Gasteiger partial charge in [0.2, 0.25) is 0 Å². The van der Waals surface area contributed by atoms with Crippen molar-refractivity contribution in [3.05, 3.63) is 33.8 Å². The number of nitriles is 1. The summed E-state index contributed by atoms with van der Waals surface area (Å²) >= 11 is 11.6. The average molecular weight is 269 g/mol. The van der Waals surface area contributed by atoms with Gasteiger partial charge in [0.25, 0.3) is 5.91 Å². The monoisotopic (exact) mass is 268 g/mol. The minimum Gasteiger partial charge on any atom is -0.336 e. The van der Waals surface area contributed by atoms with Gasteiger partial charge < -0.3 is 5.32 Å². The van der Waals surface area contributed by atoms with E-state index in [0.717, 1.165) is 12.8 Å². The predicted molar refractivity (Wildman–Crippen MR) is 66.1 cm³/mol. The summed E-state index contributed by atoms with van der Waals surface area (Å²) in [5.74, 6) is 0.00809. The molecule has 0 aliphatic heterocycles. The zero-order chi connectivity index (χ0) is 12.4. The molecule has 1 aromatic rings. The molecule has 5 heteroatoms. The Hall–Kier alpha value is -1.24. The van der Waals surface area contributed by atoms with Crippen LogP contribution in [-0.2, 0) is 0 Å². The first kappa shape index (κ1) is 12.2. The van der Waals surface area contributed by atoms with Crippen LogP contribution in [-0.4, -0.2) is 11.9 Å². The fourth-order valence-corrected chi connectivity index (χ4v) is 1.85. The molecule has 1 aromatic carbocycles. The van der Waals surface area contributed by atoms with Gasteiger partial charge in [0.15, 0.2) is 0 Å². The molecule has 1 fully saturated rings. The van der Waals surface area contributed by atoms with E-state index in [1.54, 1.807) is 12.1 Å². The summed E-state index contributed by atoms with van der Waals surface area (Å²) in [6.45, 7) is 0. The molecule has 0 saturated heterocycles. The lowest BCUT2D eigenvalue weighted by atomic mass is 10.1. The largest absolute Gasteiger partial charge is 0.336 e. The summed E-state index contributed by atoms with van der Waals surface area (Å²) in [4.78, 5) is 11.8. The molecular weight excluding hydrogens is 259 g/mol. The second-order valence-corrected chi connectivity index (χ2v) is 4.86. The quantitative estimate of drug-likeness (QED) is 0.916. The Morgan fingerprint density at radius 3 is 2.65 bits per heavy atom. The summed E-state index contributed by atoms with van der Waals surface area (Å²) in [6, 6.07) is 6.35. The highest BCUT2D eigenvalue weighted by atomic mass is 35.5. The molecule has 0 bridgehead atoms. The van der Waals surface area contributed by atoms with Gasteiger partial charge >= 0.3 is 0 Å². The Bertz CT molecular complexity index is 492. The highest BCUT2D eigenvalue weighted by Crippen LogP contribution is 2.32. The number of benzene rings is 1. The van der Waals surface area contributed by atoms with Crippen LogP contribution in [0.3, 0.4) is 0 Å². The average Bonchev–Trinajstić information content (AvgIpc) is 3.13. The summed E-state index contributed by atoms with van der Waals surface area (Å²) in [5.41, 5.74) is 0.417. The van der Waals surface area contributed by atoms with Gasteiger partial charge in [0.1, 0.15) is 6.04 Å². The standard InChI is InChI=1S/C12H10Cl2N2O/c13-9-4-3-8(5-10(9)14)12(17)16-11(6-15)7-1-2-7/h3-5,7,11H,1-2H2,(H,16,17). The molecule has 1 aliphatic rings. The van der Waals surface area contributed by atoms with Gasteiger partial charge in [-0.1, -0.05) is 23.2 Å². The zero-order valence-electron chi connectivity index (χ0n) is 8.91. The fourth-order valence-electron chi connectivity index (χ4n) is 1.55. The van der Waals surface area contributed by atoms with Gasteiger partial charge in [0, 0.05) is 5.56 Å². The lowest BCUT2D eigenvalue weighted by Gasteiger charge is -2.10. The van der Waals surface area contributed by atoms with E-state index in [-0.39, 0.29) is 5.91 Å². The third kappa shape index (κ3) is 2.91. The van der Waals surface area contributed by atoms with Gasteiger partial charge in [-0.25, -0.2) is 0 Å². The number of rotatable bonds is 3. The van der Waals surface area contributed by atoms with Gasteiger partial charge in [-0.2, -0.15) is 5.26 Å². The Morgan fingerprint density at radius 2 is 2.12 bits per heavy atom. The molecule has 1 N–H and O–H groups in total. The Kier molecular flexibility index (Phi) is 3.56. The maximum atomic E-state index is 11.8. The van der Waals surface area contributed by atoms with Gasteiger partial charge in [-0.3, -0.25) is 4.79 Å². The number of carbonyl (C=O) groups excluding carboxylic acids is 1. The Morgan fingerprint density at radius 1 is 1.41 bits per heavy atom. The topological polar surface area (TPSA) is 52.9 Å². The summed E-state index contributed by atoms with van der Waals surface area (Å²) in [7, 11) is 0. The van der Waals surface area contributed by atoms with Crippen molar-refractivity contribution >= 4 is 29.1 Å². The smallest absolute Gasteiger partial charge is 0.252 e. The van der Waals surface area contributed by atoms with Crippen molar-refractivity contribution in [1.82, 2.24) is 5.32 Å². The number of nitrogens with zero attached hydrogens (tertiary/aromatic N) is 1. The molecule has 0 spiro atoms.